The number of ketones is 1. The van der Waals surface area contributed by atoms with Crippen LogP contribution in [-0.2, 0) is 0 Å². The van der Waals surface area contributed by atoms with Gasteiger partial charge in [0, 0.05) is 22.2 Å². The highest BCUT2D eigenvalue weighted by Crippen LogP contribution is 2.39. The molecular formula is C19H15NO4. The van der Waals surface area contributed by atoms with Crippen LogP contribution in [0, 0.1) is 6.92 Å². The number of Topliss-reactive ketones (excluding diaryl/α,β-unsaturated/α-hetero) is 1. The normalized spacial score (nSPS) is 14.9. The Kier molecular flexibility index (Phi) is 3.09. The second-order valence-electron chi connectivity index (χ2n) is 5.67. The van der Waals surface area contributed by atoms with Gasteiger partial charge in [0.05, 0.1) is 12.7 Å². The number of benzene rings is 2. The smallest absolute Gasteiger partial charge is 0.232 e. The monoisotopic (exact) mass is 321 g/mol. The van der Waals surface area contributed by atoms with Crippen LogP contribution in [0.2, 0.25) is 0 Å². The molecule has 0 unspecified atom stereocenters. The molecule has 0 radical (unpaired) electrons. The van der Waals surface area contributed by atoms with Crippen molar-refractivity contribution in [2.75, 3.05) is 7.11 Å². The molecule has 0 atom stereocenters. The lowest BCUT2D eigenvalue weighted by Crippen LogP contribution is -1.98. The fourth-order valence-electron chi connectivity index (χ4n) is 2.97. The summed E-state index contributed by atoms with van der Waals surface area (Å²) >= 11 is 0. The summed E-state index contributed by atoms with van der Waals surface area (Å²) in [4.78, 5) is 15.8. The summed E-state index contributed by atoms with van der Waals surface area (Å²) in [6.07, 6.45) is 1.70. The van der Waals surface area contributed by atoms with E-state index in [1.165, 1.54) is 6.07 Å². The highest BCUT2D eigenvalue weighted by Gasteiger charge is 2.30. The van der Waals surface area contributed by atoms with Crippen LogP contribution in [0.3, 0.4) is 0 Å². The predicted octanol–water partition coefficient (Wildman–Crippen LogP) is 3.81. The number of nitrogens with one attached hydrogen (secondary N) is 1. The number of rotatable bonds is 2. The second-order valence-corrected chi connectivity index (χ2v) is 5.67. The van der Waals surface area contributed by atoms with Crippen LogP contribution >= 0.6 is 0 Å². The van der Waals surface area contributed by atoms with Crippen LogP contribution in [0.1, 0.15) is 21.6 Å². The maximum Gasteiger partial charge on any atom is 0.232 e. The minimum atomic E-state index is -0.238. The van der Waals surface area contributed by atoms with Gasteiger partial charge in [0.25, 0.3) is 0 Å². The Bertz CT molecular complexity index is 1010. The largest absolute Gasteiger partial charge is 0.504 e. The molecule has 120 valence electrons. The van der Waals surface area contributed by atoms with Crippen LogP contribution in [0.15, 0.2) is 42.2 Å². The quantitative estimate of drug-likeness (QED) is 0.704. The zero-order valence-corrected chi connectivity index (χ0v) is 13.2. The highest BCUT2D eigenvalue weighted by molar-refractivity contribution is 6.15. The number of methoxy groups -OCH3 is 1. The maximum absolute atomic E-state index is 12.5. The van der Waals surface area contributed by atoms with Crippen molar-refractivity contribution in [1.82, 2.24) is 4.98 Å². The SMILES string of the molecule is COc1ccc2[nH]c(C)c(/C=C3/Oc4c(O)cccc4C3=O)c2c1. The fraction of sp³-hybridized carbons (Fsp3) is 0.105. The second kappa shape index (κ2) is 5.16. The fourth-order valence-corrected chi connectivity index (χ4v) is 2.97. The van der Waals surface area contributed by atoms with Crippen molar-refractivity contribution in [3.8, 4) is 17.2 Å². The summed E-state index contributed by atoms with van der Waals surface area (Å²) < 4.78 is 10.9. The van der Waals surface area contributed by atoms with Gasteiger partial charge in [0.1, 0.15) is 5.75 Å². The lowest BCUT2D eigenvalue weighted by atomic mass is 10.1. The molecule has 1 aliphatic rings. The van der Waals surface area contributed by atoms with Gasteiger partial charge in [-0.2, -0.15) is 0 Å². The number of phenolic OH excluding ortho intramolecular Hbond substituents is 1. The first-order valence-corrected chi connectivity index (χ1v) is 7.51. The Morgan fingerprint density at radius 3 is 2.83 bits per heavy atom. The van der Waals surface area contributed by atoms with E-state index in [1.54, 1.807) is 25.3 Å². The molecule has 5 heteroatoms. The van der Waals surface area contributed by atoms with E-state index >= 15 is 0 Å². The number of fused-ring (bicyclic) bond motifs is 2. The number of ether oxygens (including phenoxy) is 2. The summed E-state index contributed by atoms with van der Waals surface area (Å²) in [6, 6.07) is 10.5. The minimum absolute atomic E-state index is 0.0402. The summed E-state index contributed by atoms with van der Waals surface area (Å²) in [5.41, 5.74) is 3.10. The van der Waals surface area contributed by atoms with E-state index in [4.69, 9.17) is 9.47 Å². The molecule has 2 heterocycles. The third kappa shape index (κ3) is 2.06. The van der Waals surface area contributed by atoms with E-state index in [1.807, 2.05) is 25.1 Å². The van der Waals surface area contributed by atoms with E-state index < -0.39 is 0 Å². The van der Waals surface area contributed by atoms with E-state index in [0.717, 1.165) is 27.9 Å². The highest BCUT2D eigenvalue weighted by atomic mass is 16.5. The van der Waals surface area contributed by atoms with Gasteiger partial charge in [0.2, 0.25) is 5.78 Å². The lowest BCUT2D eigenvalue weighted by Gasteiger charge is -2.02. The number of H-pyrrole nitrogens is 1. The van der Waals surface area contributed by atoms with Crippen LogP contribution in [-0.4, -0.2) is 23.0 Å². The van der Waals surface area contributed by atoms with Crippen LogP contribution in [0.5, 0.6) is 17.2 Å². The molecule has 2 aromatic carbocycles. The maximum atomic E-state index is 12.5. The van der Waals surface area contributed by atoms with Gasteiger partial charge >= 0.3 is 0 Å². The van der Waals surface area contributed by atoms with E-state index in [-0.39, 0.29) is 23.0 Å². The summed E-state index contributed by atoms with van der Waals surface area (Å²) in [5, 5.41) is 10.8. The molecule has 0 spiro atoms. The van der Waals surface area contributed by atoms with Gasteiger partial charge in [-0.05, 0) is 43.3 Å². The molecule has 5 nitrogen and oxygen atoms in total. The number of aryl methyl sites for hydroxylation is 1. The molecule has 0 fully saturated rings. The number of phenols is 1. The first kappa shape index (κ1) is 14.4. The van der Waals surface area contributed by atoms with Crippen molar-refractivity contribution >= 4 is 22.8 Å². The number of carbonyl (C=O) groups is 1. The number of carbonyl (C=O) groups excluding carboxylic acids is 1. The number of hydrogen-bond acceptors (Lipinski definition) is 4. The molecule has 3 aromatic rings. The van der Waals surface area contributed by atoms with Gasteiger partial charge in [0.15, 0.2) is 17.3 Å². The number of hydrogen-bond donors (Lipinski definition) is 2. The average molecular weight is 321 g/mol. The van der Waals surface area contributed by atoms with Crippen LogP contribution < -0.4 is 9.47 Å². The minimum Gasteiger partial charge on any atom is -0.504 e. The average Bonchev–Trinajstić information content (AvgIpc) is 3.07. The number of aromatic amines is 1. The molecule has 0 amide bonds. The van der Waals surface area contributed by atoms with Crippen molar-refractivity contribution in [3.63, 3.8) is 0 Å². The van der Waals surface area contributed by atoms with E-state index in [0.29, 0.717) is 5.56 Å². The molecule has 2 N–H and O–H groups in total. The summed E-state index contributed by atoms with van der Waals surface area (Å²) in [5.74, 6) is 0.863. The first-order chi connectivity index (χ1) is 11.6. The van der Waals surface area contributed by atoms with Gasteiger partial charge in [-0.15, -0.1) is 0 Å². The molecule has 0 saturated heterocycles. The van der Waals surface area contributed by atoms with Gasteiger partial charge in [-0.1, -0.05) is 6.07 Å². The molecule has 1 aromatic heterocycles. The summed E-state index contributed by atoms with van der Waals surface area (Å²) in [6.45, 7) is 1.93. The Labute approximate surface area is 138 Å². The number of allylic oxidation sites excluding steroid dienone is 1. The van der Waals surface area contributed by atoms with Crippen molar-refractivity contribution in [3.05, 3.63) is 59.0 Å². The molecular weight excluding hydrogens is 306 g/mol. The van der Waals surface area contributed by atoms with Crippen LogP contribution in [0.25, 0.3) is 17.0 Å². The van der Waals surface area contributed by atoms with Crippen molar-refractivity contribution in [2.24, 2.45) is 0 Å². The van der Waals surface area contributed by atoms with Gasteiger partial charge < -0.3 is 19.6 Å². The number of aromatic nitrogens is 1. The molecule has 4 rings (SSSR count). The third-order valence-corrected chi connectivity index (χ3v) is 4.19. The molecule has 1 aliphatic heterocycles. The third-order valence-electron chi connectivity index (χ3n) is 4.19. The standard InChI is InChI=1S/C19H15NO4/c1-10-13(14-8-11(23-2)6-7-15(14)20-10)9-17-18(22)12-4-3-5-16(21)19(12)24-17/h3-9,20-21H,1-2H3/b17-9+. The van der Waals surface area contributed by atoms with Crippen LogP contribution in [0.4, 0.5) is 0 Å². The Morgan fingerprint density at radius 2 is 2.08 bits per heavy atom. The van der Waals surface area contributed by atoms with Crippen molar-refractivity contribution in [2.45, 2.75) is 6.92 Å². The topological polar surface area (TPSA) is 71.6 Å². The zero-order valence-electron chi connectivity index (χ0n) is 13.2. The van der Waals surface area contributed by atoms with Gasteiger partial charge in [-0.3, -0.25) is 4.79 Å². The van der Waals surface area contributed by atoms with E-state index in [9.17, 15) is 9.90 Å². The van der Waals surface area contributed by atoms with E-state index in [2.05, 4.69) is 4.98 Å². The van der Waals surface area contributed by atoms with Gasteiger partial charge in [-0.25, -0.2) is 0 Å². The van der Waals surface area contributed by atoms with Crippen molar-refractivity contribution in [1.29, 1.82) is 0 Å². The molecule has 24 heavy (non-hydrogen) atoms. The Balaban J connectivity index is 1.85. The molecule has 0 aliphatic carbocycles. The number of para-hydroxylation sites is 1. The molecule has 0 saturated carbocycles. The lowest BCUT2D eigenvalue weighted by molar-refractivity contribution is 0.101. The van der Waals surface area contributed by atoms with Crippen molar-refractivity contribution < 1.29 is 19.4 Å². The number of aromatic hydroxyl groups is 1. The Hall–Kier alpha value is -3.21. The zero-order chi connectivity index (χ0) is 16.8. The summed E-state index contributed by atoms with van der Waals surface area (Å²) in [7, 11) is 1.61. The predicted molar refractivity (Wildman–Crippen MR) is 90.6 cm³/mol. The molecule has 0 bridgehead atoms. The Morgan fingerprint density at radius 1 is 1.25 bits per heavy atom. The first-order valence-electron chi connectivity index (χ1n) is 7.51.